The van der Waals surface area contributed by atoms with Crippen molar-refractivity contribution in [1.82, 2.24) is 5.32 Å². The Labute approximate surface area is 132 Å². The van der Waals surface area contributed by atoms with Crippen LogP contribution >= 0.6 is 0 Å². The van der Waals surface area contributed by atoms with Crippen molar-refractivity contribution < 1.29 is 9.59 Å². The SMILES string of the molecule is CC(C)NC(=O)C1(C(=O)Nc2ccccc2C(C)(C)C)CC1. The van der Waals surface area contributed by atoms with Gasteiger partial charge in [0.2, 0.25) is 11.8 Å². The standard InChI is InChI=1S/C18H26N2O2/c1-12(2)19-15(21)18(10-11-18)16(22)20-14-9-7-6-8-13(14)17(3,4)5/h6-9,12H,10-11H2,1-5H3,(H,19,21)(H,20,22). The molecule has 0 aromatic heterocycles. The maximum atomic E-state index is 12.6. The van der Waals surface area contributed by atoms with Crippen molar-refractivity contribution >= 4 is 17.5 Å². The maximum Gasteiger partial charge on any atom is 0.240 e. The van der Waals surface area contributed by atoms with Crippen LogP contribution in [-0.2, 0) is 15.0 Å². The average molecular weight is 302 g/mol. The molecule has 0 saturated heterocycles. The van der Waals surface area contributed by atoms with Crippen LogP contribution in [0.3, 0.4) is 0 Å². The Bertz CT molecular complexity index is 581. The lowest BCUT2D eigenvalue weighted by Gasteiger charge is -2.24. The number of para-hydroxylation sites is 1. The third-order valence-electron chi connectivity index (χ3n) is 4.02. The van der Waals surface area contributed by atoms with E-state index in [1.165, 1.54) is 0 Å². The lowest BCUT2D eigenvalue weighted by atomic mass is 9.85. The van der Waals surface area contributed by atoms with Gasteiger partial charge in [-0.05, 0) is 43.7 Å². The molecule has 0 aliphatic heterocycles. The third-order valence-corrected chi connectivity index (χ3v) is 4.02. The molecule has 0 heterocycles. The molecule has 1 aliphatic carbocycles. The molecular weight excluding hydrogens is 276 g/mol. The van der Waals surface area contributed by atoms with E-state index in [0.29, 0.717) is 12.8 Å². The van der Waals surface area contributed by atoms with E-state index in [2.05, 4.69) is 31.4 Å². The number of amides is 2. The van der Waals surface area contributed by atoms with Crippen LogP contribution in [0.1, 0.15) is 53.0 Å². The van der Waals surface area contributed by atoms with E-state index in [1.807, 2.05) is 38.1 Å². The number of carbonyl (C=O) groups excluding carboxylic acids is 2. The van der Waals surface area contributed by atoms with Crippen LogP contribution in [0, 0.1) is 5.41 Å². The molecule has 2 N–H and O–H groups in total. The van der Waals surface area contributed by atoms with Gasteiger partial charge in [-0.2, -0.15) is 0 Å². The van der Waals surface area contributed by atoms with Crippen molar-refractivity contribution in [2.75, 3.05) is 5.32 Å². The summed E-state index contributed by atoms with van der Waals surface area (Å²) in [6, 6.07) is 7.82. The van der Waals surface area contributed by atoms with Crippen molar-refractivity contribution in [3.63, 3.8) is 0 Å². The minimum atomic E-state index is -0.880. The van der Waals surface area contributed by atoms with Crippen LogP contribution < -0.4 is 10.6 Å². The van der Waals surface area contributed by atoms with Gasteiger partial charge < -0.3 is 10.6 Å². The summed E-state index contributed by atoms with van der Waals surface area (Å²) in [4.78, 5) is 24.9. The Kier molecular flexibility index (Phi) is 4.32. The Morgan fingerprint density at radius 3 is 2.18 bits per heavy atom. The molecule has 0 spiro atoms. The van der Waals surface area contributed by atoms with E-state index in [-0.39, 0.29) is 23.3 Å². The smallest absolute Gasteiger partial charge is 0.240 e. The molecule has 4 heteroatoms. The second kappa shape index (κ2) is 5.75. The van der Waals surface area contributed by atoms with Gasteiger partial charge in [0.1, 0.15) is 5.41 Å². The topological polar surface area (TPSA) is 58.2 Å². The molecule has 4 nitrogen and oxygen atoms in total. The first-order valence-corrected chi connectivity index (χ1v) is 7.89. The van der Waals surface area contributed by atoms with Crippen LogP contribution in [0.25, 0.3) is 0 Å². The molecule has 1 saturated carbocycles. The molecule has 22 heavy (non-hydrogen) atoms. The minimum Gasteiger partial charge on any atom is -0.353 e. The van der Waals surface area contributed by atoms with E-state index in [4.69, 9.17) is 0 Å². The van der Waals surface area contributed by atoms with E-state index in [9.17, 15) is 9.59 Å². The number of rotatable bonds is 4. The van der Waals surface area contributed by atoms with Crippen LogP contribution in [0.4, 0.5) is 5.69 Å². The normalized spacial score (nSPS) is 16.3. The zero-order valence-electron chi connectivity index (χ0n) is 14.1. The quantitative estimate of drug-likeness (QED) is 0.839. The maximum absolute atomic E-state index is 12.6. The Morgan fingerprint density at radius 1 is 1.09 bits per heavy atom. The van der Waals surface area contributed by atoms with Gasteiger partial charge >= 0.3 is 0 Å². The van der Waals surface area contributed by atoms with Gasteiger partial charge in [0, 0.05) is 11.7 Å². The Morgan fingerprint density at radius 2 is 1.68 bits per heavy atom. The van der Waals surface area contributed by atoms with Crippen LogP contribution in [0.5, 0.6) is 0 Å². The van der Waals surface area contributed by atoms with Gasteiger partial charge in [-0.3, -0.25) is 9.59 Å². The van der Waals surface area contributed by atoms with Crippen LogP contribution in [-0.4, -0.2) is 17.9 Å². The van der Waals surface area contributed by atoms with Gasteiger partial charge in [0.15, 0.2) is 0 Å². The first-order chi connectivity index (χ1) is 10.2. The highest BCUT2D eigenvalue weighted by atomic mass is 16.2. The highest BCUT2D eigenvalue weighted by molar-refractivity contribution is 6.13. The molecule has 1 aromatic carbocycles. The zero-order valence-corrected chi connectivity index (χ0v) is 14.1. The molecule has 1 aromatic rings. The summed E-state index contributed by atoms with van der Waals surface area (Å²) in [5.74, 6) is -0.351. The van der Waals surface area contributed by atoms with Crippen LogP contribution in [0.15, 0.2) is 24.3 Å². The first-order valence-electron chi connectivity index (χ1n) is 7.89. The fourth-order valence-corrected chi connectivity index (χ4v) is 2.57. The summed E-state index contributed by atoms with van der Waals surface area (Å²) in [6.45, 7) is 10.1. The van der Waals surface area contributed by atoms with Crippen LogP contribution in [0.2, 0.25) is 0 Å². The predicted molar refractivity (Wildman–Crippen MR) is 88.7 cm³/mol. The molecule has 0 radical (unpaired) electrons. The minimum absolute atomic E-state index is 0.0413. The van der Waals surface area contributed by atoms with Gasteiger partial charge in [0.25, 0.3) is 0 Å². The zero-order chi connectivity index (χ0) is 16.5. The summed E-state index contributed by atoms with van der Waals surface area (Å²) in [7, 11) is 0. The molecule has 1 aliphatic rings. The highest BCUT2D eigenvalue weighted by Gasteiger charge is 2.56. The number of anilines is 1. The number of carbonyl (C=O) groups is 2. The summed E-state index contributed by atoms with van der Waals surface area (Å²) in [5, 5.41) is 5.83. The summed E-state index contributed by atoms with van der Waals surface area (Å²) in [6.07, 6.45) is 1.24. The second-order valence-corrected chi connectivity index (χ2v) is 7.46. The summed E-state index contributed by atoms with van der Waals surface area (Å²) >= 11 is 0. The fourth-order valence-electron chi connectivity index (χ4n) is 2.57. The number of benzene rings is 1. The highest BCUT2D eigenvalue weighted by Crippen LogP contribution is 2.47. The van der Waals surface area contributed by atoms with Gasteiger partial charge in [0.05, 0.1) is 0 Å². The average Bonchev–Trinajstić information content (AvgIpc) is 3.18. The Balaban J connectivity index is 2.19. The van der Waals surface area contributed by atoms with Crippen molar-refractivity contribution in [2.45, 2.75) is 58.9 Å². The van der Waals surface area contributed by atoms with Crippen molar-refractivity contribution in [3.05, 3.63) is 29.8 Å². The number of hydrogen-bond donors (Lipinski definition) is 2. The van der Waals surface area contributed by atoms with Gasteiger partial charge in [-0.25, -0.2) is 0 Å². The first kappa shape index (κ1) is 16.5. The molecule has 0 atom stereocenters. The largest absolute Gasteiger partial charge is 0.353 e. The van der Waals surface area contributed by atoms with E-state index in [0.717, 1.165) is 11.3 Å². The fraction of sp³-hybridized carbons (Fsp3) is 0.556. The van der Waals surface area contributed by atoms with E-state index < -0.39 is 5.41 Å². The molecule has 1 fully saturated rings. The number of hydrogen-bond acceptors (Lipinski definition) is 2. The Hall–Kier alpha value is -1.84. The van der Waals surface area contributed by atoms with E-state index in [1.54, 1.807) is 0 Å². The van der Waals surface area contributed by atoms with Gasteiger partial charge in [-0.1, -0.05) is 39.0 Å². The van der Waals surface area contributed by atoms with Gasteiger partial charge in [-0.15, -0.1) is 0 Å². The molecule has 120 valence electrons. The molecule has 2 amide bonds. The molecular formula is C18H26N2O2. The van der Waals surface area contributed by atoms with E-state index >= 15 is 0 Å². The molecule has 0 unspecified atom stereocenters. The third kappa shape index (κ3) is 3.32. The lowest BCUT2D eigenvalue weighted by Crippen LogP contribution is -2.42. The summed E-state index contributed by atoms with van der Waals surface area (Å²) in [5.41, 5.74) is 0.919. The lowest BCUT2D eigenvalue weighted by molar-refractivity contribution is -0.134. The monoisotopic (exact) mass is 302 g/mol. The van der Waals surface area contributed by atoms with Crippen molar-refractivity contribution in [2.24, 2.45) is 5.41 Å². The van der Waals surface area contributed by atoms with Crippen molar-refractivity contribution in [1.29, 1.82) is 0 Å². The van der Waals surface area contributed by atoms with Crippen molar-refractivity contribution in [3.8, 4) is 0 Å². The second-order valence-electron chi connectivity index (χ2n) is 7.46. The summed E-state index contributed by atoms with van der Waals surface area (Å²) < 4.78 is 0. The molecule has 0 bridgehead atoms. The predicted octanol–water partition coefficient (Wildman–Crippen LogP) is 3.23. The number of nitrogens with one attached hydrogen (secondary N) is 2. The molecule has 2 rings (SSSR count).